The summed E-state index contributed by atoms with van der Waals surface area (Å²) in [7, 11) is 0. The lowest BCUT2D eigenvalue weighted by Crippen LogP contribution is -2.50. The highest BCUT2D eigenvalue weighted by atomic mass is 16.5. The lowest BCUT2D eigenvalue weighted by molar-refractivity contribution is -0.142. The summed E-state index contributed by atoms with van der Waals surface area (Å²) in [5, 5.41) is 16.7. The summed E-state index contributed by atoms with van der Waals surface area (Å²) >= 11 is 0. The summed E-state index contributed by atoms with van der Waals surface area (Å²) in [6, 6.07) is 6.49. The molecule has 1 fully saturated rings. The molecule has 28 heavy (non-hydrogen) atoms. The number of carboxylic acid groups (broad SMARTS) is 1. The van der Waals surface area contributed by atoms with Crippen molar-refractivity contribution >= 4 is 22.8 Å². The van der Waals surface area contributed by atoms with Crippen molar-refractivity contribution in [3.8, 4) is 0 Å². The highest BCUT2D eigenvalue weighted by Gasteiger charge is 2.33. The molecule has 2 heterocycles. The molecule has 0 bridgehead atoms. The molecule has 1 aromatic heterocycles. The van der Waals surface area contributed by atoms with Crippen molar-refractivity contribution in [2.45, 2.75) is 51.1 Å². The minimum Gasteiger partial charge on any atom is -0.480 e. The van der Waals surface area contributed by atoms with Crippen LogP contribution in [0.5, 0.6) is 0 Å². The van der Waals surface area contributed by atoms with Gasteiger partial charge >= 0.3 is 5.97 Å². The Labute approximate surface area is 165 Å². The van der Waals surface area contributed by atoms with Crippen LogP contribution in [0.4, 0.5) is 0 Å². The minimum atomic E-state index is -1.04. The molecule has 0 saturated carbocycles. The number of hydrogen-bond acceptors (Lipinski definition) is 3. The van der Waals surface area contributed by atoms with Crippen LogP contribution >= 0.6 is 0 Å². The van der Waals surface area contributed by atoms with E-state index in [4.69, 9.17) is 0 Å². The predicted molar refractivity (Wildman–Crippen MR) is 110 cm³/mol. The van der Waals surface area contributed by atoms with Crippen LogP contribution in [-0.4, -0.2) is 40.6 Å². The molecule has 3 atom stereocenters. The first-order valence-electron chi connectivity index (χ1n) is 9.75. The van der Waals surface area contributed by atoms with Crippen molar-refractivity contribution in [1.82, 2.24) is 15.6 Å². The van der Waals surface area contributed by atoms with Gasteiger partial charge in [0.2, 0.25) is 5.91 Å². The Morgan fingerprint density at radius 1 is 1.39 bits per heavy atom. The van der Waals surface area contributed by atoms with E-state index in [0.717, 1.165) is 35.1 Å². The Bertz CT molecular complexity index is 900. The minimum absolute atomic E-state index is 0.192. The van der Waals surface area contributed by atoms with Crippen LogP contribution in [0.25, 0.3) is 10.9 Å². The average molecular weight is 385 g/mol. The second kappa shape index (κ2) is 7.80. The lowest BCUT2D eigenvalue weighted by Gasteiger charge is -2.24. The maximum absolute atomic E-state index is 12.6. The van der Waals surface area contributed by atoms with E-state index in [-0.39, 0.29) is 29.7 Å². The summed E-state index contributed by atoms with van der Waals surface area (Å²) in [6.45, 7) is 10.8. The molecule has 1 aliphatic rings. The number of nitrogens with one attached hydrogen (secondary N) is 3. The van der Waals surface area contributed by atoms with Gasteiger partial charge in [0.1, 0.15) is 6.04 Å². The fourth-order valence-corrected chi connectivity index (χ4v) is 3.92. The SMILES string of the molecule is C=CC(C)(C)c1[nH]c2ccccc2c1CC(N[13C](=O)C1NCCC1C)[13C](=O)O. The molecule has 0 spiro atoms. The summed E-state index contributed by atoms with van der Waals surface area (Å²) in [5.74, 6) is -1.09. The molecule has 1 aliphatic heterocycles. The first kappa shape index (κ1) is 20.1. The van der Waals surface area contributed by atoms with E-state index in [2.05, 4.69) is 22.2 Å². The number of benzene rings is 1. The third kappa shape index (κ3) is 3.83. The van der Waals surface area contributed by atoms with Crippen molar-refractivity contribution in [2.75, 3.05) is 6.54 Å². The number of carbonyl (C=O) groups excluding carboxylic acids is 1. The average Bonchev–Trinajstić information content (AvgIpc) is 3.25. The number of aliphatic carboxylic acids is 1. The van der Waals surface area contributed by atoms with E-state index in [1.54, 1.807) is 0 Å². The molecule has 1 amide bonds. The Balaban J connectivity index is 1.94. The van der Waals surface area contributed by atoms with Crippen LogP contribution in [0.3, 0.4) is 0 Å². The van der Waals surface area contributed by atoms with E-state index in [1.807, 2.05) is 51.1 Å². The van der Waals surface area contributed by atoms with E-state index >= 15 is 0 Å². The molecular weight excluding hydrogens is 356 g/mol. The van der Waals surface area contributed by atoms with Crippen molar-refractivity contribution in [3.63, 3.8) is 0 Å². The number of carboxylic acids is 1. The van der Waals surface area contributed by atoms with Crippen molar-refractivity contribution in [3.05, 3.63) is 48.2 Å². The molecule has 0 aliphatic carbocycles. The van der Waals surface area contributed by atoms with E-state index in [0.29, 0.717) is 0 Å². The normalized spacial score (nSPS) is 20.8. The van der Waals surface area contributed by atoms with Gasteiger partial charge in [-0.1, -0.05) is 45.0 Å². The zero-order chi connectivity index (χ0) is 20.5. The third-order valence-electron chi connectivity index (χ3n) is 5.81. The summed E-state index contributed by atoms with van der Waals surface area (Å²) in [6.07, 6.45) is 2.97. The van der Waals surface area contributed by atoms with Gasteiger partial charge in [0, 0.05) is 28.4 Å². The van der Waals surface area contributed by atoms with Gasteiger partial charge in [-0.25, -0.2) is 4.79 Å². The van der Waals surface area contributed by atoms with Gasteiger partial charge in [0.05, 0.1) is 6.04 Å². The number of fused-ring (bicyclic) bond motifs is 1. The number of aromatic nitrogens is 1. The molecule has 2 aromatic rings. The monoisotopic (exact) mass is 385 g/mol. The molecule has 4 N–H and O–H groups in total. The number of hydrogen-bond donors (Lipinski definition) is 4. The fourth-order valence-electron chi connectivity index (χ4n) is 3.92. The van der Waals surface area contributed by atoms with Crippen LogP contribution in [0, 0.1) is 5.92 Å². The van der Waals surface area contributed by atoms with Crippen LogP contribution in [-0.2, 0) is 21.4 Å². The highest BCUT2D eigenvalue weighted by Crippen LogP contribution is 2.33. The van der Waals surface area contributed by atoms with Crippen LogP contribution in [0.15, 0.2) is 36.9 Å². The molecule has 6 heteroatoms. The Kier molecular flexibility index (Phi) is 5.61. The van der Waals surface area contributed by atoms with Crippen molar-refractivity contribution in [2.24, 2.45) is 5.92 Å². The topological polar surface area (TPSA) is 94.2 Å². The Morgan fingerprint density at radius 3 is 2.71 bits per heavy atom. The smallest absolute Gasteiger partial charge is 0.326 e. The molecule has 6 nitrogen and oxygen atoms in total. The largest absolute Gasteiger partial charge is 0.480 e. The number of H-pyrrole nitrogens is 1. The maximum atomic E-state index is 12.6. The zero-order valence-electron chi connectivity index (χ0n) is 16.7. The van der Waals surface area contributed by atoms with Crippen LogP contribution < -0.4 is 10.6 Å². The van der Waals surface area contributed by atoms with E-state index in [9.17, 15) is 14.7 Å². The molecule has 3 rings (SSSR count). The van der Waals surface area contributed by atoms with E-state index in [1.165, 1.54) is 0 Å². The van der Waals surface area contributed by atoms with Crippen LogP contribution in [0.1, 0.15) is 38.4 Å². The first-order valence-corrected chi connectivity index (χ1v) is 9.75. The first-order chi connectivity index (χ1) is 13.2. The standard InChI is InChI=1S/C22H29N3O3/c1-5-22(3,4)19-15(14-8-6-7-9-16(14)24-19)12-17(21(27)28)25-20(26)18-13(2)10-11-23-18/h5-9,13,17-18,23-24H,1,10-12H2,2-4H3,(H,25,26)(H,27,28)/i20+1,21+1. The van der Waals surface area contributed by atoms with Gasteiger partial charge in [-0.15, -0.1) is 6.58 Å². The number of carbonyl (C=O) groups is 2. The molecule has 1 saturated heterocycles. The second-order valence-electron chi connectivity index (χ2n) is 8.25. The van der Waals surface area contributed by atoms with Gasteiger partial charge < -0.3 is 20.7 Å². The molecule has 0 radical (unpaired) electrons. The van der Waals surface area contributed by atoms with Gasteiger partial charge in [-0.05, 0) is 30.5 Å². The van der Waals surface area contributed by atoms with Crippen LogP contribution in [0.2, 0.25) is 0 Å². The van der Waals surface area contributed by atoms with E-state index < -0.39 is 12.0 Å². The number of allylic oxidation sites excluding steroid dienone is 1. The lowest BCUT2D eigenvalue weighted by atomic mass is 9.85. The predicted octanol–water partition coefficient (Wildman–Crippen LogP) is 2.74. The molecular formula is C22H29N3O3. The second-order valence-corrected chi connectivity index (χ2v) is 8.25. The summed E-state index contributed by atoms with van der Waals surface area (Å²) in [5.41, 5.74) is 2.42. The van der Waals surface area contributed by atoms with Gasteiger partial charge in [0.25, 0.3) is 0 Å². The molecule has 150 valence electrons. The maximum Gasteiger partial charge on any atom is 0.326 e. The molecule has 1 aromatic carbocycles. The van der Waals surface area contributed by atoms with Crippen molar-refractivity contribution < 1.29 is 14.7 Å². The van der Waals surface area contributed by atoms with Crippen molar-refractivity contribution in [1.29, 1.82) is 0 Å². The fraction of sp³-hybridized carbons (Fsp3) is 0.455. The zero-order valence-corrected chi connectivity index (χ0v) is 16.7. The number of aromatic amines is 1. The Hall–Kier alpha value is -2.60. The quantitative estimate of drug-likeness (QED) is 0.435. The van der Waals surface area contributed by atoms with Gasteiger partial charge in [-0.3, -0.25) is 4.79 Å². The highest BCUT2D eigenvalue weighted by molar-refractivity contribution is 5.89. The summed E-state index contributed by atoms with van der Waals surface area (Å²) in [4.78, 5) is 28.0. The number of para-hydroxylation sites is 1. The van der Waals surface area contributed by atoms with Gasteiger partial charge in [-0.2, -0.15) is 0 Å². The van der Waals surface area contributed by atoms with Gasteiger partial charge in [0.15, 0.2) is 0 Å². The summed E-state index contributed by atoms with van der Waals surface area (Å²) < 4.78 is 0. The number of rotatable bonds is 7. The Morgan fingerprint density at radius 2 is 2.11 bits per heavy atom. The number of amides is 1. The molecule has 3 unspecified atom stereocenters. The third-order valence-corrected chi connectivity index (χ3v) is 5.81.